The third kappa shape index (κ3) is 5.95. The number of amides is 1. The molecule has 0 radical (unpaired) electrons. The molecule has 0 saturated carbocycles. The van der Waals surface area contributed by atoms with Crippen LogP contribution in [0.25, 0.3) is 0 Å². The van der Waals surface area contributed by atoms with Gasteiger partial charge in [0.1, 0.15) is 0 Å². The number of nitrogens with one attached hydrogen (secondary N) is 1. The van der Waals surface area contributed by atoms with Gasteiger partial charge in [0, 0.05) is 41.5 Å². The van der Waals surface area contributed by atoms with Crippen LogP contribution in [0.4, 0.5) is 16.0 Å². The van der Waals surface area contributed by atoms with Crippen molar-refractivity contribution < 1.29 is 13.9 Å². The highest BCUT2D eigenvalue weighted by Crippen LogP contribution is 2.24. The highest BCUT2D eigenvalue weighted by atomic mass is 35.5. The van der Waals surface area contributed by atoms with Gasteiger partial charge in [0.25, 0.3) is 5.91 Å². The highest BCUT2D eigenvalue weighted by Gasteiger charge is 2.18. The molecule has 2 aromatic carbocycles. The second-order valence-electron chi connectivity index (χ2n) is 8.40. The van der Waals surface area contributed by atoms with Crippen LogP contribution >= 0.6 is 11.6 Å². The van der Waals surface area contributed by atoms with Gasteiger partial charge in [-0.25, -0.2) is 23.5 Å². The van der Waals surface area contributed by atoms with Gasteiger partial charge >= 0.3 is 11.4 Å². The Morgan fingerprint density at radius 3 is 2.50 bits per heavy atom. The molecule has 4 rings (SSSR count). The van der Waals surface area contributed by atoms with E-state index in [-0.39, 0.29) is 36.6 Å². The highest BCUT2D eigenvalue weighted by molar-refractivity contribution is 6.30. The van der Waals surface area contributed by atoms with E-state index in [2.05, 4.69) is 15.3 Å². The first-order valence-electron chi connectivity index (χ1n) is 11.2. The van der Waals surface area contributed by atoms with Crippen LogP contribution in [-0.2, 0) is 17.9 Å². The van der Waals surface area contributed by atoms with Crippen LogP contribution in [0.5, 0.6) is 5.75 Å². The minimum absolute atomic E-state index is 0.0469. The minimum Gasteiger partial charge on any atom is -0.488 e. The lowest BCUT2D eigenvalue weighted by atomic mass is 10.1. The van der Waals surface area contributed by atoms with E-state index in [9.17, 15) is 18.8 Å². The summed E-state index contributed by atoms with van der Waals surface area (Å²) >= 11 is 5.98. The fourth-order valence-corrected chi connectivity index (χ4v) is 3.67. The molecular weight excluding hydrogens is 489 g/mol. The van der Waals surface area contributed by atoms with E-state index in [1.54, 1.807) is 50.3 Å². The van der Waals surface area contributed by atoms with Crippen LogP contribution in [0.2, 0.25) is 5.02 Å². The topological polar surface area (TPSA) is 108 Å². The molecule has 1 atom stereocenters. The zero-order valence-corrected chi connectivity index (χ0v) is 20.3. The molecule has 0 saturated heterocycles. The van der Waals surface area contributed by atoms with Crippen LogP contribution in [0.1, 0.15) is 19.4 Å². The van der Waals surface area contributed by atoms with E-state index in [1.165, 1.54) is 29.0 Å². The summed E-state index contributed by atoms with van der Waals surface area (Å²) < 4.78 is 22.2. The SMILES string of the molecule is CC(C)Oc1ccc(Nc2nc(=O)n(CC3C=CC(=O)N=C3)c(=O)n2Cc2ccc(Cl)cc2)cc1F. The predicted molar refractivity (Wildman–Crippen MR) is 135 cm³/mol. The van der Waals surface area contributed by atoms with Gasteiger partial charge in [-0.2, -0.15) is 4.98 Å². The van der Waals surface area contributed by atoms with E-state index in [0.29, 0.717) is 5.02 Å². The maximum absolute atomic E-state index is 14.5. The fraction of sp³-hybridized carbons (Fsp3) is 0.240. The maximum Gasteiger partial charge on any atom is 0.354 e. The standard InChI is InChI=1S/C25H23ClFN5O4/c1-15(2)36-21-9-8-19(11-20(21)27)29-23-30-24(34)32(14-17-5-10-22(33)28-12-17)25(35)31(23)13-16-3-6-18(26)7-4-16/h3-12,15,17H,13-14H2,1-2H3,(H,29,30,34). The molecule has 0 aliphatic carbocycles. The molecule has 1 N–H and O–H groups in total. The number of halogens is 2. The molecule has 186 valence electrons. The summed E-state index contributed by atoms with van der Waals surface area (Å²) in [5.74, 6) is -1.42. The average Bonchev–Trinajstić information content (AvgIpc) is 2.83. The van der Waals surface area contributed by atoms with E-state index >= 15 is 0 Å². The quantitative estimate of drug-likeness (QED) is 0.495. The number of dihydropyridines is 1. The molecule has 2 heterocycles. The van der Waals surface area contributed by atoms with Crippen molar-refractivity contribution >= 4 is 35.4 Å². The molecule has 36 heavy (non-hydrogen) atoms. The zero-order chi connectivity index (χ0) is 25.8. The first kappa shape index (κ1) is 25.1. The molecule has 1 aromatic heterocycles. The van der Waals surface area contributed by atoms with Gasteiger partial charge < -0.3 is 10.1 Å². The van der Waals surface area contributed by atoms with Gasteiger partial charge in [-0.05, 0) is 43.7 Å². The van der Waals surface area contributed by atoms with Crippen molar-refractivity contribution in [2.75, 3.05) is 5.32 Å². The number of aliphatic imine (C=N–C) groups is 1. The van der Waals surface area contributed by atoms with Crippen molar-refractivity contribution in [2.45, 2.75) is 33.0 Å². The Hall–Kier alpha value is -4.05. The lowest BCUT2D eigenvalue weighted by Crippen LogP contribution is -2.44. The van der Waals surface area contributed by atoms with Crippen LogP contribution in [-0.4, -0.2) is 32.3 Å². The monoisotopic (exact) mass is 511 g/mol. The summed E-state index contributed by atoms with van der Waals surface area (Å²) in [4.78, 5) is 45.4. The van der Waals surface area contributed by atoms with Crippen molar-refractivity contribution in [3.8, 4) is 5.75 Å². The molecule has 1 aliphatic rings. The summed E-state index contributed by atoms with van der Waals surface area (Å²) in [5, 5.41) is 3.41. The summed E-state index contributed by atoms with van der Waals surface area (Å²) in [6, 6.07) is 11.1. The second-order valence-corrected chi connectivity index (χ2v) is 8.84. The van der Waals surface area contributed by atoms with Crippen molar-refractivity contribution in [3.05, 3.63) is 92.0 Å². The summed E-state index contributed by atoms with van der Waals surface area (Å²) in [7, 11) is 0. The molecule has 3 aromatic rings. The zero-order valence-electron chi connectivity index (χ0n) is 19.5. The maximum atomic E-state index is 14.5. The van der Waals surface area contributed by atoms with Crippen molar-refractivity contribution in [1.82, 2.24) is 14.1 Å². The number of allylic oxidation sites excluding steroid dienone is 1. The molecule has 1 aliphatic heterocycles. The average molecular weight is 512 g/mol. The number of anilines is 2. The first-order chi connectivity index (χ1) is 17.2. The fourth-order valence-electron chi connectivity index (χ4n) is 3.54. The van der Waals surface area contributed by atoms with Gasteiger partial charge in [-0.3, -0.25) is 9.36 Å². The van der Waals surface area contributed by atoms with Gasteiger partial charge in [0.15, 0.2) is 11.6 Å². The molecule has 0 bridgehead atoms. The molecule has 1 unspecified atom stereocenters. The summed E-state index contributed by atoms with van der Waals surface area (Å²) in [6.45, 7) is 3.59. The van der Waals surface area contributed by atoms with Crippen LogP contribution in [0.15, 0.2) is 69.2 Å². The number of ether oxygens (including phenoxy) is 1. The van der Waals surface area contributed by atoms with E-state index in [1.807, 2.05) is 0 Å². The van der Waals surface area contributed by atoms with Crippen molar-refractivity contribution in [2.24, 2.45) is 10.9 Å². The Labute approximate surface area is 210 Å². The third-order valence-electron chi connectivity index (χ3n) is 5.23. The van der Waals surface area contributed by atoms with Crippen LogP contribution < -0.4 is 21.4 Å². The lowest BCUT2D eigenvalue weighted by molar-refractivity contribution is -0.113. The van der Waals surface area contributed by atoms with E-state index in [0.717, 1.165) is 10.1 Å². The Balaban J connectivity index is 1.72. The molecule has 0 fully saturated rings. The number of hydrogen-bond acceptors (Lipinski definition) is 6. The Morgan fingerprint density at radius 1 is 1.11 bits per heavy atom. The lowest BCUT2D eigenvalue weighted by Gasteiger charge is -2.18. The number of benzene rings is 2. The Kier molecular flexibility index (Phi) is 7.44. The number of aromatic nitrogens is 3. The molecule has 11 heteroatoms. The largest absolute Gasteiger partial charge is 0.488 e. The van der Waals surface area contributed by atoms with Gasteiger partial charge in [0.05, 0.1) is 12.6 Å². The van der Waals surface area contributed by atoms with Crippen LogP contribution in [0.3, 0.4) is 0 Å². The molecule has 1 amide bonds. The van der Waals surface area contributed by atoms with Gasteiger partial charge in [-0.1, -0.05) is 29.8 Å². The van der Waals surface area contributed by atoms with E-state index < -0.39 is 29.0 Å². The number of carbonyl (C=O) groups is 1. The number of carbonyl (C=O) groups excluding carboxylic acids is 1. The van der Waals surface area contributed by atoms with Gasteiger partial charge in [-0.15, -0.1) is 0 Å². The minimum atomic E-state index is -0.797. The summed E-state index contributed by atoms with van der Waals surface area (Å²) in [6.07, 6.45) is 4.03. The van der Waals surface area contributed by atoms with Gasteiger partial charge in [0.2, 0.25) is 5.95 Å². The summed E-state index contributed by atoms with van der Waals surface area (Å²) in [5.41, 5.74) is -0.424. The molecule has 0 spiro atoms. The Bertz CT molecular complexity index is 1440. The predicted octanol–water partition coefficient (Wildman–Crippen LogP) is 3.56. The molecular formula is C25H23ClFN5O4. The number of rotatable bonds is 8. The second kappa shape index (κ2) is 10.7. The number of hydrogen-bond donors (Lipinski definition) is 1. The molecule has 9 nitrogen and oxygen atoms in total. The van der Waals surface area contributed by atoms with E-state index in [4.69, 9.17) is 16.3 Å². The normalized spacial score (nSPS) is 14.9. The third-order valence-corrected chi connectivity index (χ3v) is 5.48. The Morgan fingerprint density at radius 2 is 1.86 bits per heavy atom. The first-order valence-corrected chi connectivity index (χ1v) is 11.5. The van der Waals surface area contributed by atoms with Crippen molar-refractivity contribution in [3.63, 3.8) is 0 Å². The smallest absolute Gasteiger partial charge is 0.354 e. The number of nitrogens with zero attached hydrogens (tertiary/aromatic N) is 4. The van der Waals surface area contributed by atoms with Crippen LogP contribution in [0, 0.1) is 11.7 Å². The van der Waals surface area contributed by atoms with Crippen molar-refractivity contribution in [1.29, 1.82) is 0 Å².